The summed E-state index contributed by atoms with van der Waals surface area (Å²) in [5.41, 5.74) is 0.502. The summed E-state index contributed by atoms with van der Waals surface area (Å²) in [5, 5.41) is 7.47. The van der Waals surface area contributed by atoms with Crippen LogP contribution in [-0.2, 0) is 6.54 Å². The van der Waals surface area contributed by atoms with Crippen LogP contribution < -0.4 is 5.32 Å². The Balaban J connectivity index is 1.64. The van der Waals surface area contributed by atoms with Gasteiger partial charge in [0.2, 0.25) is 0 Å². The summed E-state index contributed by atoms with van der Waals surface area (Å²) in [7, 11) is 0. The number of hydrogen-bond acceptors (Lipinski definition) is 2. The van der Waals surface area contributed by atoms with Crippen molar-refractivity contribution in [2.75, 3.05) is 0 Å². The topological polar surface area (TPSA) is 46.9 Å². The number of carbonyl (C=O) groups is 1. The molecule has 4 nitrogen and oxygen atoms in total. The fraction of sp³-hybridized carbons (Fsp3) is 0.733. The van der Waals surface area contributed by atoms with Crippen molar-refractivity contribution in [3.63, 3.8) is 0 Å². The van der Waals surface area contributed by atoms with E-state index < -0.39 is 0 Å². The molecule has 2 fully saturated rings. The highest BCUT2D eigenvalue weighted by Crippen LogP contribution is 2.49. The van der Waals surface area contributed by atoms with E-state index in [-0.39, 0.29) is 11.9 Å². The van der Waals surface area contributed by atoms with Crippen molar-refractivity contribution in [3.8, 4) is 0 Å². The van der Waals surface area contributed by atoms with Gasteiger partial charge < -0.3 is 5.32 Å². The van der Waals surface area contributed by atoms with Gasteiger partial charge in [-0.05, 0) is 66.8 Å². The summed E-state index contributed by atoms with van der Waals surface area (Å²) in [5.74, 6) is 2.34. The Morgan fingerprint density at radius 1 is 1.55 bits per heavy atom. The molecule has 0 spiro atoms. The lowest BCUT2D eigenvalue weighted by atomic mass is 9.84. The Kier molecular flexibility index (Phi) is 3.89. The molecule has 1 amide bonds. The molecule has 5 heteroatoms. The molecule has 4 atom stereocenters. The number of halogens is 1. The predicted octanol–water partition coefficient (Wildman–Crippen LogP) is 3.22. The lowest BCUT2D eigenvalue weighted by molar-refractivity contribution is 0.0908. The Labute approximate surface area is 128 Å². The van der Waals surface area contributed by atoms with Gasteiger partial charge in [0.05, 0.1) is 4.47 Å². The maximum Gasteiger partial charge on any atom is 0.273 e. The first-order valence-corrected chi connectivity index (χ1v) is 8.41. The zero-order valence-corrected chi connectivity index (χ0v) is 13.7. The van der Waals surface area contributed by atoms with Crippen LogP contribution in [0.4, 0.5) is 0 Å². The van der Waals surface area contributed by atoms with Gasteiger partial charge >= 0.3 is 0 Å². The van der Waals surface area contributed by atoms with Gasteiger partial charge in [0.15, 0.2) is 5.69 Å². The third-order valence-corrected chi connectivity index (χ3v) is 5.63. The van der Waals surface area contributed by atoms with Crippen molar-refractivity contribution >= 4 is 21.8 Å². The van der Waals surface area contributed by atoms with Crippen LogP contribution in [0.1, 0.15) is 50.0 Å². The van der Waals surface area contributed by atoms with Crippen LogP contribution in [0.2, 0.25) is 0 Å². The average molecular weight is 340 g/mol. The first-order chi connectivity index (χ1) is 9.58. The minimum atomic E-state index is -0.0562. The van der Waals surface area contributed by atoms with E-state index in [2.05, 4.69) is 33.3 Å². The molecule has 1 heterocycles. The van der Waals surface area contributed by atoms with E-state index in [1.807, 2.05) is 13.1 Å². The van der Waals surface area contributed by atoms with Crippen LogP contribution >= 0.6 is 15.9 Å². The van der Waals surface area contributed by atoms with Gasteiger partial charge in [-0.1, -0.05) is 6.42 Å². The Bertz CT molecular complexity index is 513. The van der Waals surface area contributed by atoms with Crippen LogP contribution in [0.15, 0.2) is 10.7 Å². The van der Waals surface area contributed by atoms with Crippen molar-refractivity contribution in [2.24, 2.45) is 17.8 Å². The number of hydrogen-bond donors (Lipinski definition) is 1. The average Bonchev–Trinajstić information content (AvgIpc) is 3.12. The molecule has 0 saturated heterocycles. The van der Waals surface area contributed by atoms with E-state index in [0.717, 1.165) is 22.9 Å². The summed E-state index contributed by atoms with van der Waals surface area (Å²) < 4.78 is 2.55. The molecule has 0 aliphatic heterocycles. The molecule has 1 aromatic heterocycles. The van der Waals surface area contributed by atoms with Gasteiger partial charge in [0.1, 0.15) is 0 Å². The fourth-order valence-electron chi connectivity index (χ4n) is 4.00. The monoisotopic (exact) mass is 339 g/mol. The molecule has 2 aliphatic rings. The minimum absolute atomic E-state index is 0.0562. The summed E-state index contributed by atoms with van der Waals surface area (Å²) in [6.45, 7) is 4.93. The zero-order valence-electron chi connectivity index (χ0n) is 12.1. The van der Waals surface area contributed by atoms with E-state index >= 15 is 0 Å². The van der Waals surface area contributed by atoms with Crippen molar-refractivity contribution in [2.45, 2.75) is 52.1 Å². The first kappa shape index (κ1) is 14.1. The second-order valence-electron chi connectivity index (χ2n) is 6.28. The third-order valence-electron chi connectivity index (χ3n) is 5.05. The van der Waals surface area contributed by atoms with Gasteiger partial charge in [0, 0.05) is 18.8 Å². The molecule has 1 aromatic rings. The Morgan fingerprint density at radius 2 is 2.35 bits per heavy atom. The van der Waals surface area contributed by atoms with Crippen LogP contribution in [0.5, 0.6) is 0 Å². The van der Waals surface area contributed by atoms with Crippen LogP contribution in [0.25, 0.3) is 0 Å². The highest BCUT2D eigenvalue weighted by Gasteiger charge is 2.42. The van der Waals surface area contributed by atoms with E-state index in [1.165, 1.54) is 25.7 Å². The Morgan fingerprint density at radius 3 is 2.90 bits per heavy atom. The van der Waals surface area contributed by atoms with Gasteiger partial charge in [0.25, 0.3) is 5.91 Å². The predicted molar refractivity (Wildman–Crippen MR) is 81.5 cm³/mol. The first-order valence-electron chi connectivity index (χ1n) is 7.62. The van der Waals surface area contributed by atoms with E-state index in [9.17, 15) is 4.79 Å². The molecule has 2 saturated carbocycles. The largest absolute Gasteiger partial charge is 0.348 e. The Hall–Kier alpha value is -0.840. The number of nitrogens with zero attached hydrogens (tertiary/aromatic N) is 2. The standard InChI is InChI=1S/C15H22BrN3O/c1-3-19-8-13(16)14(18-19)15(20)17-9(2)12-7-10-4-5-11(12)6-10/h8-12H,3-7H2,1-2H3,(H,17,20). The number of amides is 1. The summed E-state index contributed by atoms with van der Waals surface area (Å²) >= 11 is 3.42. The van der Waals surface area contributed by atoms with Gasteiger partial charge in [-0.3, -0.25) is 9.48 Å². The maximum absolute atomic E-state index is 12.4. The molecule has 110 valence electrons. The van der Waals surface area contributed by atoms with Crippen LogP contribution in [0, 0.1) is 17.8 Å². The quantitative estimate of drug-likeness (QED) is 0.915. The van der Waals surface area contributed by atoms with Crippen molar-refractivity contribution in [3.05, 3.63) is 16.4 Å². The number of rotatable bonds is 4. The zero-order chi connectivity index (χ0) is 14.3. The highest BCUT2D eigenvalue weighted by molar-refractivity contribution is 9.10. The summed E-state index contributed by atoms with van der Waals surface area (Å²) in [6, 6.07) is 0.247. The van der Waals surface area contributed by atoms with E-state index in [1.54, 1.807) is 4.68 Å². The smallest absolute Gasteiger partial charge is 0.273 e. The lowest BCUT2D eigenvalue weighted by Gasteiger charge is -2.28. The SMILES string of the molecule is CCn1cc(Br)c(C(=O)NC(C)C2CC3CCC2C3)n1. The van der Waals surface area contributed by atoms with Crippen molar-refractivity contribution in [1.82, 2.24) is 15.1 Å². The van der Waals surface area contributed by atoms with Crippen LogP contribution in [0.3, 0.4) is 0 Å². The molecule has 0 aromatic carbocycles. The minimum Gasteiger partial charge on any atom is -0.348 e. The highest BCUT2D eigenvalue weighted by atomic mass is 79.9. The van der Waals surface area contributed by atoms with Crippen molar-refractivity contribution < 1.29 is 4.79 Å². The number of aromatic nitrogens is 2. The van der Waals surface area contributed by atoms with Gasteiger partial charge in [-0.25, -0.2) is 0 Å². The molecule has 2 bridgehead atoms. The maximum atomic E-state index is 12.4. The molecule has 0 radical (unpaired) electrons. The van der Waals surface area contributed by atoms with Crippen LogP contribution in [-0.4, -0.2) is 21.7 Å². The number of nitrogens with one attached hydrogen (secondary N) is 1. The normalized spacial score (nSPS) is 29.6. The molecular formula is C15H22BrN3O. The molecule has 4 unspecified atom stereocenters. The summed E-state index contributed by atoms with van der Waals surface area (Å²) in [4.78, 5) is 12.4. The second kappa shape index (κ2) is 5.51. The molecule has 2 aliphatic carbocycles. The van der Waals surface area contributed by atoms with Gasteiger partial charge in [-0.2, -0.15) is 5.10 Å². The number of aryl methyl sites for hydroxylation is 1. The van der Waals surface area contributed by atoms with E-state index in [4.69, 9.17) is 0 Å². The molecule has 20 heavy (non-hydrogen) atoms. The van der Waals surface area contributed by atoms with Gasteiger partial charge in [-0.15, -0.1) is 0 Å². The number of fused-ring (bicyclic) bond motifs is 2. The fourth-order valence-corrected chi connectivity index (χ4v) is 4.50. The van der Waals surface area contributed by atoms with E-state index in [0.29, 0.717) is 11.6 Å². The summed E-state index contributed by atoms with van der Waals surface area (Å²) in [6.07, 6.45) is 7.27. The third kappa shape index (κ3) is 2.52. The molecule has 1 N–H and O–H groups in total. The molecular weight excluding hydrogens is 318 g/mol. The lowest BCUT2D eigenvalue weighted by Crippen LogP contribution is -2.40. The second-order valence-corrected chi connectivity index (χ2v) is 7.14. The van der Waals surface area contributed by atoms with Crippen molar-refractivity contribution in [1.29, 1.82) is 0 Å². The molecule has 3 rings (SSSR count). The number of carbonyl (C=O) groups excluding carboxylic acids is 1.